The molecule has 2 heterocycles. The van der Waals surface area contributed by atoms with Crippen LogP contribution in [0.4, 0.5) is 0 Å². The summed E-state index contributed by atoms with van der Waals surface area (Å²) in [6.45, 7) is 4.42. The van der Waals surface area contributed by atoms with E-state index in [1.165, 1.54) is 12.8 Å². The standard InChI is InChI=1S/C13H20N6O/c1-2-3-12-15-13(20-17-12)9-19-8-11(16-18-19)7-14-6-10-4-5-10/h8,10,14H,2-7,9H2,1H3. The average molecular weight is 276 g/mol. The van der Waals surface area contributed by atoms with E-state index in [9.17, 15) is 0 Å². The van der Waals surface area contributed by atoms with Gasteiger partial charge in [-0.05, 0) is 31.7 Å². The Kier molecular flexibility index (Phi) is 4.05. The summed E-state index contributed by atoms with van der Waals surface area (Å²) in [5, 5.41) is 15.5. The van der Waals surface area contributed by atoms with E-state index in [2.05, 4.69) is 32.7 Å². The van der Waals surface area contributed by atoms with Gasteiger partial charge in [-0.3, -0.25) is 0 Å². The Bertz CT molecular complexity index is 545. The monoisotopic (exact) mass is 276 g/mol. The Balaban J connectivity index is 1.49. The lowest BCUT2D eigenvalue weighted by Crippen LogP contribution is -2.16. The van der Waals surface area contributed by atoms with Crippen molar-refractivity contribution in [2.45, 2.75) is 45.7 Å². The first-order valence-electron chi connectivity index (χ1n) is 7.24. The summed E-state index contributed by atoms with van der Waals surface area (Å²) in [5.74, 6) is 2.21. The molecule has 0 saturated heterocycles. The molecule has 3 rings (SSSR count). The van der Waals surface area contributed by atoms with Crippen molar-refractivity contribution in [1.29, 1.82) is 0 Å². The van der Waals surface area contributed by atoms with E-state index in [-0.39, 0.29) is 0 Å². The second-order valence-corrected chi connectivity index (χ2v) is 5.34. The number of rotatable bonds is 8. The van der Waals surface area contributed by atoms with Crippen molar-refractivity contribution >= 4 is 0 Å². The molecule has 2 aromatic heterocycles. The molecule has 1 aliphatic rings. The van der Waals surface area contributed by atoms with Crippen LogP contribution in [0.2, 0.25) is 0 Å². The van der Waals surface area contributed by atoms with E-state index in [1.54, 1.807) is 4.68 Å². The summed E-state index contributed by atoms with van der Waals surface area (Å²) in [5.41, 5.74) is 0.943. The van der Waals surface area contributed by atoms with E-state index in [4.69, 9.17) is 4.52 Å². The molecule has 7 nitrogen and oxygen atoms in total. The average Bonchev–Trinajstić information content (AvgIpc) is 2.98. The van der Waals surface area contributed by atoms with Gasteiger partial charge in [0, 0.05) is 13.0 Å². The topological polar surface area (TPSA) is 81.7 Å². The number of aryl methyl sites for hydroxylation is 1. The molecule has 0 aromatic carbocycles. The minimum atomic E-state index is 0.479. The van der Waals surface area contributed by atoms with Gasteiger partial charge in [0.15, 0.2) is 5.82 Å². The predicted octanol–water partition coefficient (Wildman–Crippen LogP) is 1.16. The summed E-state index contributed by atoms with van der Waals surface area (Å²) in [6, 6.07) is 0. The first-order chi connectivity index (χ1) is 9.83. The Hall–Kier alpha value is -1.76. The summed E-state index contributed by atoms with van der Waals surface area (Å²) in [6.07, 6.45) is 6.49. The van der Waals surface area contributed by atoms with E-state index in [1.807, 2.05) is 6.20 Å². The molecule has 0 atom stereocenters. The minimum Gasteiger partial charge on any atom is -0.337 e. The number of nitrogens with one attached hydrogen (secondary N) is 1. The quantitative estimate of drug-likeness (QED) is 0.779. The molecule has 0 amide bonds. The summed E-state index contributed by atoms with van der Waals surface area (Å²) in [7, 11) is 0. The maximum Gasteiger partial charge on any atom is 0.248 e. The van der Waals surface area contributed by atoms with Gasteiger partial charge in [0.2, 0.25) is 5.89 Å². The van der Waals surface area contributed by atoms with Crippen LogP contribution in [-0.4, -0.2) is 31.7 Å². The van der Waals surface area contributed by atoms with Crippen molar-refractivity contribution in [2.24, 2.45) is 5.92 Å². The molecular formula is C13H20N6O. The van der Waals surface area contributed by atoms with Gasteiger partial charge in [-0.15, -0.1) is 5.10 Å². The van der Waals surface area contributed by atoms with Crippen LogP contribution in [0.25, 0.3) is 0 Å². The lowest BCUT2D eigenvalue weighted by Gasteiger charge is -1.98. The number of hydrogen-bond donors (Lipinski definition) is 1. The molecule has 0 bridgehead atoms. The largest absolute Gasteiger partial charge is 0.337 e. The van der Waals surface area contributed by atoms with Gasteiger partial charge in [0.1, 0.15) is 6.54 Å². The van der Waals surface area contributed by atoms with Gasteiger partial charge in [-0.2, -0.15) is 4.98 Å². The molecule has 0 spiro atoms. The summed E-state index contributed by atoms with van der Waals surface area (Å²) < 4.78 is 6.92. The SMILES string of the molecule is CCCc1noc(Cn2cc(CNCC3CC3)nn2)n1. The first-order valence-corrected chi connectivity index (χ1v) is 7.24. The molecule has 1 fully saturated rings. The molecule has 1 N–H and O–H groups in total. The van der Waals surface area contributed by atoms with Gasteiger partial charge >= 0.3 is 0 Å². The summed E-state index contributed by atoms with van der Waals surface area (Å²) in [4.78, 5) is 4.32. The molecular weight excluding hydrogens is 256 g/mol. The number of hydrogen-bond acceptors (Lipinski definition) is 6. The fourth-order valence-corrected chi connectivity index (χ4v) is 2.04. The van der Waals surface area contributed by atoms with Crippen molar-refractivity contribution in [1.82, 2.24) is 30.5 Å². The zero-order valence-corrected chi connectivity index (χ0v) is 11.7. The lowest BCUT2D eigenvalue weighted by atomic mass is 10.3. The third-order valence-corrected chi connectivity index (χ3v) is 3.30. The smallest absolute Gasteiger partial charge is 0.248 e. The Morgan fingerprint density at radius 2 is 2.35 bits per heavy atom. The van der Waals surface area contributed by atoms with E-state index in [0.717, 1.165) is 43.4 Å². The van der Waals surface area contributed by atoms with Gasteiger partial charge in [-0.25, -0.2) is 4.68 Å². The molecule has 1 aliphatic carbocycles. The maximum absolute atomic E-state index is 5.19. The third-order valence-electron chi connectivity index (χ3n) is 3.30. The molecule has 108 valence electrons. The van der Waals surface area contributed by atoms with Crippen LogP contribution in [0.15, 0.2) is 10.7 Å². The highest BCUT2D eigenvalue weighted by atomic mass is 16.5. The Morgan fingerprint density at radius 1 is 1.45 bits per heavy atom. The van der Waals surface area contributed by atoms with Crippen LogP contribution in [0.5, 0.6) is 0 Å². The highest BCUT2D eigenvalue weighted by Gasteiger charge is 2.20. The highest BCUT2D eigenvalue weighted by molar-refractivity contribution is 4.94. The number of aromatic nitrogens is 5. The van der Waals surface area contributed by atoms with Crippen LogP contribution < -0.4 is 5.32 Å². The van der Waals surface area contributed by atoms with Crippen molar-refractivity contribution in [2.75, 3.05) is 6.54 Å². The van der Waals surface area contributed by atoms with Crippen LogP contribution >= 0.6 is 0 Å². The fourth-order valence-electron chi connectivity index (χ4n) is 2.04. The van der Waals surface area contributed by atoms with E-state index in [0.29, 0.717) is 12.4 Å². The fraction of sp³-hybridized carbons (Fsp3) is 0.692. The number of nitrogens with zero attached hydrogens (tertiary/aromatic N) is 5. The van der Waals surface area contributed by atoms with Gasteiger partial charge in [0.05, 0.1) is 11.9 Å². The van der Waals surface area contributed by atoms with Crippen molar-refractivity contribution in [3.63, 3.8) is 0 Å². The minimum absolute atomic E-state index is 0.479. The molecule has 1 saturated carbocycles. The first kappa shape index (κ1) is 13.2. The lowest BCUT2D eigenvalue weighted by molar-refractivity contribution is 0.359. The van der Waals surface area contributed by atoms with E-state index < -0.39 is 0 Å². The molecule has 20 heavy (non-hydrogen) atoms. The third kappa shape index (κ3) is 3.63. The molecule has 0 unspecified atom stereocenters. The zero-order chi connectivity index (χ0) is 13.8. The van der Waals surface area contributed by atoms with Crippen LogP contribution in [0, 0.1) is 5.92 Å². The van der Waals surface area contributed by atoms with Crippen LogP contribution in [0.1, 0.15) is 43.6 Å². The zero-order valence-electron chi connectivity index (χ0n) is 11.7. The molecule has 0 aliphatic heterocycles. The van der Waals surface area contributed by atoms with Crippen molar-refractivity contribution in [3.8, 4) is 0 Å². The van der Waals surface area contributed by atoms with Gasteiger partial charge < -0.3 is 9.84 Å². The highest BCUT2D eigenvalue weighted by Crippen LogP contribution is 2.27. The van der Waals surface area contributed by atoms with E-state index >= 15 is 0 Å². The van der Waals surface area contributed by atoms with Crippen molar-refractivity contribution in [3.05, 3.63) is 23.6 Å². The second kappa shape index (κ2) is 6.13. The summed E-state index contributed by atoms with van der Waals surface area (Å²) >= 11 is 0. The van der Waals surface area contributed by atoms with Crippen molar-refractivity contribution < 1.29 is 4.52 Å². The molecule has 0 radical (unpaired) electrons. The maximum atomic E-state index is 5.19. The predicted molar refractivity (Wildman–Crippen MR) is 71.8 cm³/mol. The van der Waals surface area contributed by atoms with Gasteiger partial charge in [-0.1, -0.05) is 17.3 Å². The van der Waals surface area contributed by atoms with Crippen LogP contribution in [-0.2, 0) is 19.5 Å². The normalized spacial score (nSPS) is 14.8. The van der Waals surface area contributed by atoms with Crippen LogP contribution in [0.3, 0.4) is 0 Å². The molecule has 2 aromatic rings. The Morgan fingerprint density at radius 3 is 3.15 bits per heavy atom. The Labute approximate surface area is 117 Å². The second-order valence-electron chi connectivity index (χ2n) is 5.34. The van der Waals surface area contributed by atoms with Gasteiger partial charge in [0.25, 0.3) is 0 Å². The molecule has 7 heteroatoms.